The Kier molecular flexibility index (Phi) is 8.13. The lowest BCUT2D eigenvalue weighted by atomic mass is 10.0. The summed E-state index contributed by atoms with van der Waals surface area (Å²) < 4.78 is 27.4. The van der Waals surface area contributed by atoms with Crippen molar-refractivity contribution in [2.75, 3.05) is 6.26 Å². The Labute approximate surface area is 248 Å². The van der Waals surface area contributed by atoms with Gasteiger partial charge in [0.15, 0.2) is 9.84 Å². The highest BCUT2D eigenvalue weighted by Gasteiger charge is 2.15. The summed E-state index contributed by atoms with van der Waals surface area (Å²) in [6.45, 7) is 0.393. The van der Waals surface area contributed by atoms with Gasteiger partial charge in [-0.1, -0.05) is 77.8 Å². The van der Waals surface area contributed by atoms with Crippen LogP contribution in [0.25, 0.3) is 34.5 Å². The van der Waals surface area contributed by atoms with E-state index >= 15 is 0 Å². The number of carboxylic acid groups (broad SMARTS) is 1. The number of benzene rings is 4. The minimum atomic E-state index is -3.54. The van der Waals surface area contributed by atoms with Crippen molar-refractivity contribution in [1.29, 1.82) is 0 Å². The summed E-state index contributed by atoms with van der Waals surface area (Å²) in [4.78, 5) is 16.3. The van der Waals surface area contributed by atoms with Crippen molar-refractivity contribution >= 4 is 51.2 Å². The fourth-order valence-electron chi connectivity index (χ4n) is 4.43. The van der Waals surface area contributed by atoms with E-state index in [1.54, 1.807) is 66.7 Å². The maximum Gasteiger partial charge on any atom is 0.335 e. The van der Waals surface area contributed by atoms with E-state index < -0.39 is 15.8 Å². The third-order valence-electron chi connectivity index (χ3n) is 6.50. The predicted molar refractivity (Wildman–Crippen MR) is 164 cm³/mol. The minimum absolute atomic E-state index is 0.195. The molecular formula is C32H24Cl2N2O4S. The van der Waals surface area contributed by atoms with Gasteiger partial charge in [-0.2, -0.15) is 0 Å². The monoisotopic (exact) mass is 602 g/mol. The summed E-state index contributed by atoms with van der Waals surface area (Å²) >= 11 is 12.6. The highest BCUT2D eigenvalue weighted by atomic mass is 35.5. The molecule has 1 N–H and O–H groups in total. The van der Waals surface area contributed by atoms with Gasteiger partial charge < -0.3 is 9.67 Å². The van der Waals surface area contributed by atoms with Crippen LogP contribution in [0.2, 0.25) is 10.0 Å². The second kappa shape index (κ2) is 11.7. The van der Waals surface area contributed by atoms with Crippen molar-refractivity contribution in [3.8, 4) is 22.4 Å². The van der Waals surface area contributed by atoms with Gasteiger partial charge in [0, 0.05) is 29.6 Å². The van der Waals surface area contributed by atoms with Gasteiger partial charge in [0.2, 0.25) is 0 Å². The van der Waals surface area contributed by atoms with Crippen molar-refractivity contribution in [3.05, 3.63) is 130 Å². The van der Waals surface area contributed by atoms with E-state index in [0.29, 0.717) is 39.2 Å². The molecule has 0 bridgehead atoms. The number of nitrogens with zero attached hydrogens (tertiary/aromatic N) is 2. The molecule has 0 unspecified atom stereocenters. The smallest absolute Gasteiger partial charge is 0.335 e. The lowest BCUT2D eigenvalue weighted by molar-refractivity contribution is 0.0697. The molecule has 1 heterocycles. The molecule has 41 heavy (non-hydrogen) atoms. The minimum Gasteiger partial charge on any atom is -0.478 e. The number of rotatable bonds is 8. The maximum absolute atomic E-state index is 12.8. The van der Waals surface area contributed by atoms with Gasteiger partial charge in [-0.25, -0.2) is 18.2 Å². The standard InChI is InChI=1S/C32H24Cl2N2O4S/c1-41(39,40)30-17-25(22-5-3-2-4-6-22)12-11-23(30)13-16-31-35-29(27-15-14-26(33)18-28(27)34)20-36(31)19-21-7-9-24(10-8-21)32(37)38/h2-18,20H,19H2,1H3,(H,37,38)/b16-13+. The summed E-state index contributed by atoms with van der Waals surface area (Å²) in [7, 11) is -3.54. The number of carbonyl (C=O) groups is 1. The SMILES string of the molecule is CS(=O)(=O)c1cc(-c2ccccc2)ccc1/C=C/c1nc(-c2ccc(Cl)cc2Cl)cn1Cc1ccc(C(=O)O)cc1. The average Bonchev–Trinajstić information content (AvgIpc) is 3.34. The first kappa shape index (κ1) is 28.4. The number of halogens is 2. The van der Waals surface area contributed by atoms with Crippen molar-refractivity contribution in [2.45, 2.75) is 11.4 Å². The van der Waals surface area contributed by atoms with Gasteiger partial charge in [0.1, 0.15) is 5.82 Å². The highest BCUT2D eigenvalue weighted by Crippen LogP contribution is 2.31. The largest absolute Gasteiger partial charge is 0.478 e. The fourth-order valence-corrected chi connectivity index (χ4v) is 5.84. The van der Waals surface area contributed by atoms with Crippen LogP contribution >= 0.6 is 23.2 Å². The van der Waals surface area contributed by atoms with E-state index in [0.717, 1.165) is 16.7 Å². The van der Waals surface area contributed by atoms with E-state index in [9.17, 15) is 18.3 Å². The molecule has 1 aromatic heterocycles. The molecule has 0 saturated heterocycles. The van der Waals surface area contributed by atoms with Crippen LogP contribution in [0.4, 0.5) is 0 Å². The second-order valence-corrected chi connectivity index (χ2v) is 12.3. The molecule has 0 saturated carbocycles. The molecule has 4 aromatic carbocycles. The molecule has 0 aliphatic carbocycles. The summed E-state index contributed by atoms with van der Waals surface area (Å²) in [6, 6.07) is 26.7. The van der Waals surface area contributed by atoms with Crippen molar-refractivity contribution in [3.63, 3.8) is 0 Å². The number of hydrogen-bond acceptors (Lipinski definition) is 4. The summed E-state index contributed by atoms with van der Waals surface area (Å²) in [5.41, 5.74) is 4.60. The molecule has 0 aliphatic rings. The van der Waals surface area contributed by atoms with Gasteiger partial charge in [0.25, 0.3) is 0 Å². The summed E-state index contributed by atoms with van der Waals surface area (Å²) in [5, 5.41) is 10.2. The van der Waals surface area contributed by atoms with Gasteiger partial charge in [-0.3, -0.25) is 0 Å². The van der Waals surface area contributed by atoms with Gasteiger partial charge in [0.05, 0.1) is 21.2 Å². The Balaban J connectivity index is 1.56. The number of aromatic nitrogens is 2. The Morgan fingerprint density at radius 2 is 1.63 bits per heavy atom. The molecule has 5 aromatic rings. The molecule has 9 heteroatoms. The number of aromatic carboxylic acids is 1. The second-order valence-electron chi connectivity index (χ2n) is 9.46. The van der Waals surface area contributed by atoms with Crippen LogP contribution in [0.3, 0.4) is 0 Å². The quantitative estimate of drug-likeness (QED) is 0.195. The molecule has 0 amide bonds. The highest BCUT2D eigenvalue weighted by molar-refractivity contribution is 7.90. The molecule has 5 rings (SSSR count). The lowest BCUT2D eigenvalue weighted by Crippen LogP contribution is -2.03. The first-order valence-electron chi connectivity index (χ1n) is 12.5. The summed E-state index contributed by atoms with van der Waals surface area (Å²) in [6.07, 6.45) is 6.52. The third kappa shape index (κ3) is 6.60. The number of hydrogen-bond donors (Lipinski definition) is 1. The topological polar surface area (TPSA) is 89.3 Å². The molecule has 0 aliphatic heterocycles. The molecule has 0 spiro atoms. The zero-order valence-electron chi connectivity index (χ0n) is 21.8. The Morgan fingerprint density at radius 3 is 2.29 bits per heavy atom. The Hall–Kier alpha value is -4.17. The van der Waals surface area contributed by atoms with Gasteiger partial charge in [-0.15, -0.1) is 0 Å². The van der Waals surface area contributed by atoms with E-state index in [-0.39, 0.29) is 10.5 Å². The van der Waals surface area contributed by atoms with Crippen molar-refractivity contribution in [1.82, 2.24) is 9.55 Å². The normalized spacial score (nSPS) is 11.7. The van der Waals surface area contributed by atoms with Gasteiger partial charge >= 0.3 is 5.97 Å². The first-order valence-corrected chi connectivity index (χ1v) is 15.2. The van der Waals surface area contributed by atoms with E-state index in [1.807, 2.05) is 47.2 Å². The Morgan fingerprint density at radius 1 is 0.902 bits per heavy atom. The molecule has 206 valence electrons. The predicted octanol–water partition coefficient (Wildman–Crippen LogP) is 7.84. The average molecular weight is 604 g/mol. The molecule has 0 fully saturated rings. The van der Waals surface area contributed by atoms with Gasteiger partial charge in [-0.05, 0) is 70.8 Å². The number of imidazole rings is 1. The van der Waals surface area contributed by atoms with Crippen LogP contribution in [0, 0.1) is 0 Å². The van der Waals surface area contributed by atoms with Crippen LogP contribution in [-0.2, 0) is 16.4 Å². The van der Waals surface area contributed by atoms with Crippen LogP contribution in [-0.4, -0.2) is 35.3 Å². The fraction of sp³-hybridized carbons (Fsp3) is 0.0625. The van der Waals surface area contributed by atoms with E-state index in [4.69, 9.17) is 28.2 Å². The molecule has 0 radical (unpaired) electrons. The van der Waals surface area contributed by atoms with E-state index in [1.165, 1.54) is 6.26 Å². The van der Waals surface area contributed by atoms with Crippen molar-refractivity contribution in [2.24, 2.45) is 0 Å². The van der Waals surface area contributed by atoms with Crippen LogP contribution in [0.15, 0.2) is 102 Å². The lowest BCUT2D eigenvalue weighted by Gasteiger charge is -2.09. The van der Waals surface area contributed by atoms with E-state index in [2.05, 4.69) is 0 Å². The number of carboxylic acids is 1. The number of sulfone groups is 1. The van der Waals surface area contributed by atoms with Crippen LogP contribution in [0.1, 0.15) is 27.3 Å². The maximum atomic E-state index is 12.8. The zero-order valence-corrected chi connectivity index (χ0v) is 24.2. The third-order valence-corrected chi connectivity index (χ3v) is 8.20. The Bertz CT molecular complexity index is 1880. The molecule has 0 atom stereocenters. The van der Waals surface area contributed by atoms with Crippen molar-refractivity contribution < 1.29 is 18.3 Å². The van der Waals surface area contributed by atoms with Crippen LogP contribution in [0.5, 0.6) is 0 Å². The van der Waals surface area contributed by atoms with Crippen LogP contribution < -0.4 is 0 Å². The summed E-state index contributed by atoms with van der Waals surface area (Å²) in [5.74, 6) is -0.442. The first-order chi connectivity index (χ1) is 19.6. The zero-order chi connectivity index (χ0) is 29.1. The molecular weight excluding hydrogens is 579 g/mol. The molecule has 6 nitrogen and oxygen atoms in total.